The van der Waals surface area contributed by atoms with Gasteiger partial charge in [-0.15, -0.1) is 0 Å². The van der Waals surface area contributed by atoms with Crippen LogP contribution in [0.2, 0.25) is 0 Å². The van der Waals surface area contributed by atoms with Crippen LogP contribution < -0.4 is 15.8 Å². The highest BCUT2D eigenvalue weighted by atomic mass is 19.1. The number of urea groups is 1. The molecule has 2 aromatic carbocycles. The van der Waals surface area contributed by atoms with Gasteiger partial charge in [-0.3, -0.25) is 4.79 Å². The van der Waals surface area contributed by atoms with E-state index >= 15 is 0 Å². The van der Waals surface area contributed by atoms with Gasteiger partial charge in [0.2, 0.25) is 0 Å². The molecule has 1 heterocycles. The number of hydrogen-bond acceptors (Lipinski definition) is 2. The van der Waals surface area contributed by atoms with Crippen LogP contribution in [0.5, 0.6) is 0 Å². The molecule has 0 aliphatic heterocycles. The number of benzene rings is 2. The molecule has 6 nitrogen and oxygen atoms in total. The summed E-state index contributed by atoms with van der Waals surface area (Å²) in [5, 5.41) is 3.78. The molecule has 3 aromatic rings. The Balaban J connectivity index is 1.87. The van der Waals surface area contributed by atoms with Crippen molar-refractivity contribution in [3.8, 4) is 0 Å². The number of H-pyrrole nitrogens is 1. The summed E-state index contributed by atoms with van der Waals surface area (Å²) < 4.78 is 13.2. The van der Waals surface area contributed by atoms with E-state index in [1.807, 2.05) is 32.0 Å². The first-order valence-electron chi connectivity index (χ1n) is 10.5. The van der Waals surface area contributed by atoms with Crippen molar-refractivity contribution in [2.24, 2.45) is 0 Å². The lowest BCUT2D eigenvalue weighted by molar-refractivity contribution is -0.858. The van der Waals surface area contributed by atoms with Gasteiger partial charge in [0.1, 0.15) is 5.82 Å². The summed E-state index contributed by atoms with van der Waals surface area (Å²) in [5.41, 5.74) is 3.74. The molecule has 0 spiro atoms. The molecule has 0 aliphatic rings. The molecular formula is C24H30FN4O2+. The van der Waals surface area contributed by atoms with Gasteiger partial charge in [-0.2, -0.15) is 0 Å². The van der Waals surface area contributed by atoms with E-state index in [1.54, 1.807) is 4.90 Å². The molecule has 0 saturated heterocycles. The first kappa shape index (κ1) is 22.5. The van der Waals surface area contributed by atoms with Gasteiger partial charge in [0, 0.05) is 29.6 Å². The van der Waals surface area contributed by atoms with Crippen molar-refractivity contribution in [1.29, 1.82) is 0 Å². The zero-order chi connectivity index (χ0) is 22.5. The molecule has 0 unspecified atom stereocenters. The monoisotopic (exact) mass is 425 g/mol. The number of aryl methyl sites for hydroxylation is 2. The Kier molecular flexibility index (Phi) is 7.07. The fourth-order valence-corrected chi connectivity index (χ4v) is 3.55. The number of quaternary nitrogens is 1. The van der Waals surface area contributed by atoms with Crippen molar-refractivity contribution >= 4 is 22.6 Å². The van der Waals surface area contributed by atoms with Crippen LogP contribution in [0.4, 0.5) is 14.9 Å². The van der Waals surface area contributed by atoms with Crippen LogP contribution >= 0.6 is 0 Å². The number of rotatable bonds is 7. The third kappa shape index (κ3) is 5.70. The average Bonchev–Trinajstić information content (AvgIpc) is 2.72. The number of aromatic amines is 1. The lowest BCUT2D eigenvalue weighted by atomic mass is 10.0. The van der Waals surface area contributed by atoms with Crippen molar-refractivity contribution in [2.45, 2.75) is 26.8 Å². The number of anilines is 1. The van der Waals surface area contributed by atoms with Crippen LogP contribution in [0.25, 0.3) is 10.9 Å². The first-order chi connectivity index (χ1) is 14.7. The summed E-state index contributed by atoms with van der Waals surface area (Å²) in [6.07, 6.45) is 0.794. The Morgan fingerprint density at radius 3 is 2.45 bits per heavy atom. The molecule has 164 valence electrons. The van der Waals surface area contributed by atoms with Crippen LogP contribution in [0.15, 0.2) is 47.3 Å². The molecule has 3 N–H and O–H groups in total. The fourth-order valence-electron chi connectivity index (χ4n) is 3.55. The average molecular weight is 426 g/mol. The number of nitrogens with one attached hydrogen (secondary N) is 3. The van der Waals surface area contributed by atoms with Crippen molar-refractivity contribution in [3.63, 3.8) is 0 Å². The smallest absolute Gasteiger partial charge is 0.322 e. The fraction of sp³-hybridized carbons (Fsp3) is 0.333. The predicted molar refractivity (Wildman–Crippen MR) is 122 cm³/mol. The number of aromatic nitrogens is 1. The highest BCUT2D eigenvalue weighted by Gasteiger charge is 2.17. The molecular weight excluding hydrogens is 395 g/mol. The summed E-state index contributed by atoms with van der Waals surface area (Å²) in [4.78, 5) is 31.6. The number of hydrogen-bond donors (Lipinski definition) is 3. The number of amides is 2. The van der Waals surface area contributed by atoms with E-state index in [9.17, 15) is 14.0 Å². The van der Waals surface area contributed by atoms with E-state index in [1.165, 1.54) is 29.2 Å². The first-order valence-corrected chi connectivity index (χ1v) is 10.5. The highest BCUT2D eigenvalue weighted by Crippen LogP contribution is 2.20. The zero-order valence-corrected chi connectivity index (χ0v) is 18.5. The third-order valence-electron chi connectivity index (χ3n) is 5.37. The summed E-state index contributed by atoms with van der Waals surface area (Å²) in [5.74, 6) is -0.364. The van der Waals surface area contributed by atoms with E-state index in [-0.39, 0.29) is 24.0 Å². The lowest BCUT2D eigenvalue weighted by Gasteiger charge is -2.23. The highest BCUT2D eigenvalue weighted by molar-refractivity contribution is 5.89. The molecule has 1 aromatic heterocycles. The second kappa shape index (κ2) is 9.75. The zero-order valence-electron chi connectivity index (χ0n) is 18.5. The van der Waals surface area contributed by atoms with Gasteiger partial charge < -0.3 is 20.1 Å². The Labute approximate surface area is 181 Å². The van der Waals surface area contributed by atoms with E-state index in [0.29, 0.717) is 17.8 Å². The van der Waals surface area contributed by atoms with E-state index in [4.69, 9.17) is 0 Å². The van der Waals surface area contributed by atoms with E-state index < -0.39 is 0 Å². The molecule has 0 bridgehead atoms. The number of pyridine rings is 1. The SMILES string of the molecule is Cc1ccc(C)c2[nH]c(=O)c(CN(CCC[NH+](C)C)C(=O)Nc3ccc(F)cc3)cc12. The minimum atomic E-state index is -0.364. The molecule has 7 heteroatoms. The number of nitrogens with zero attached hydrogens (tertiary/aromatic N) is 1. The minimum Gasteiger partial charge on any atom is -0.340 e. The van der Waals surface area contributed by atoms with Crippen LogP contribution in [-0.4, -0.2) is 43.1 Å². The summed E-state index contributed by atoms with van der Waals surface area (Å²) in [7, 11) is 4.12. The molecule has 31 heavy (non-hydrogen) atoms. The topological polar surface area (TPSA) is 69.6 Å². The normalized spacial score (nSPS) is 11.2. The van der Waals surface area contributed by atoms with Gasteiger partial charge >= 0.3 is 6.03 Å². The Hall–Kier alpha value is -3.19. The van der Waals surface area contributed by atoms with Crippen molar-refractivity contribution in [1.82, 2.24) is 9.88 Å². The van der Waals surface area contributed by atoms with Crippen molar-refractivity contribution in [3.05, 3.63) is 75.3 Å². The molecule has 3 rings (SSSR count). The Morgan fingerprint density at radius 2 is 1.77 bits per heavy atom. The van der Waals surface area contributed by atoms with Gasteiger partial charge in [-0.05, 0) is 55.3 Å². The van der Waals surface area contributed by atoms with Gasteiger partial charge in [-0.1, -0.05) is 12.1 Å². The third-order valence-corrected chi connectivity index (χ3v) is 5.37. The lowest BCUT2D eigenvalue weighted by Crippen LogP contribution is -3.05. The largest absolute Gasteiger partial charge is 0.340 e. The predicted octanol–water partition coefficient (Wildman–Crippen LogP) is 2.85. The van der Waals surface area contributed by atoms with E-state index in [0.717, 1.165) is 35.0 Å². The maximum Gasteiger partial charge on any atom is 0.322 e. The van der Waals surface area contributed by atoms with Crippen LogP contribution in [0, 0.1) is 19.7 Å². The maximum atomic E-state index is 13.2. The number of carbonyl (C=O) groups is 1. The molecule has 0 fully saturated rings. The van der Waals surface area contributed by atoms with Gasteiger partial charge in [-0.25, -0.2) is 9.18 Å². The standard InChI is InChI=1S/C24H29FN4O2/c1-16-6-7-17(2)22-21(16)14-18(23(30)27-22)15-29(13-5-12-28(3)4)24(31)26-20-10-8-19(25)9-11-20/h6-11,14H,5,12-13,15H2,1-4H3,(H,26,31)(H,27,30)/p+1. The van der Waals surface area contributed by atoms with Gasteiger partial charge in [0.25, 0.3) is 5.56 Å². The molecule has 0 aliphatic carbocycles. The van der Waals surface area contributed by atoms with Crippen LogP contribution in [-0.2, 0) is 6.54 Å². The summed E-state index contributed by atoms with van der Waals surface area (Å²) in [6.45, 7) is 5.55. The number of carbonyl (C=O) groups excluding carboxylic acids is 1. The Morgan fingerprint density at radius 1 is 1.10 bits per heavy atom. The molecule has 2 amide bonds. The van der Waals surface area contributed by atoms with Gasteiger partial charge in [0.05, 0.1) is 32.7 Å². The maximum absolute atomic E-state index is 13.2. The number of fused-ring (bicyclic) bond motifs is 1. The second-order valence-corrected chi connectivity index (χ2v) is 8.28. The van der Waals surface area contributed by atoms with Crippen LogP contribution in [0.1, 0.15) is 23.1 Å². The molecule has 0 saturated carbocycles. The molecule has 0 atom stereocenters. The van der Waals surface area contributed by atoms with Crippen LogP contribution in [0.3, 0.4) is 0 Å². The summed E-state index contributed by atoms with van der Waals surface area (Å²) in [6, 6.07) is 11.2. The summed E-state index contributed by atoms with van der Waals surface area (Å²) >= 11 is 0. The van der Waals surface area contributed by atoms with Crippen molar-refractivity contribution < 1.29 is 14.1 Å². The quantitative estimate of drug-likeness (QED) is 0.545. The minimum absolute atomic E-state index is 0.189. The second-order valence-electron chi connectivity index (χ2n) is 8.28. The number of halogens is 1. The van der Waals surface area contributed by atoms with Gasteiger partial charge in [0.15, 0.2) is 0 Å². The molecule has 0 radical (unpaired) electrons. The van der Waals surface area contributed by atoms with E-state index in [2.05, 4.69) is 24.4 Å². The Bertz CT molecular complexity index is 1120. The van der Waals surface area contributed by atoms with Crippen molar-refractivity contribution in [2.75, 3.05) is 32.5 Å².